The van der Waals surface area contributed by atoms with Crippen molar-refractivity contribution < 1.29 is 14.3 Å². The maximum absolute atomic E-state index is 13.2. The summed E-state index contributed by atoms with van der Waals surface area (Å²) in [6, 6.07) is 4.90. The summed E-state index contributed by atoms with van der Waals surface area (Å²) in [5.41, 5.74) is 0.743. The molecule has 2 fully saturated rings. The number of nitrogens with zero attached hydrogens (tertiary/aromatic N) is 2. The summed E-state index contributed by atoms with van der Waals surface area (Å²) >= 11 is 5.77. The number of hydrogen-bond acceptors (Lipinski definition) is 3. The third-order valence-electron chi connectivity index (χ3n) is 5.10. The molecule has 1 amide bonds. The van der Waals surface area contributed by atoms with Crippen molar-refractivity contribution in [1.29, 1.82) is 0 Å². The van der Waals surface area contributed by atoms with Gasteiger partial charge in [0, 0.05) is 25.7 Å². The molecule has 0 bridgehead atoms. The quantitative estimate of drug-likeness (QED) is 0.906. The third kappa shape index (κ3) is 4.26. The van der Waals surface area contributed by atoms with Crippen molar-refractivity contribution in [2.45, 2.75) is 44.2 Å². The molecule has 6 heteroatoms. The first-order chi connectivity index (χ1) is 11.5. The van der Waals surface area contributed by atoms with Gasteiger partial charge in [-0.3, -0.25) is 9.69 Å². The number of halogens is 2. The molecule has 2 aliphatic heterocycles. The second-order valence-electron chi connectivity index (χ2n) is 6.83. The van der Waals surface area contributed by atoms with Crippen LogP contribution in [0.5, 0.6) is 0 Å². The minimum Gasteiger partial charge on any atom is -0.392 e. The SMILES string of the molecule is O=C(Cc1ccc(F)c(Cl)c1)N1CCC(N2CCC[C@H](O)C2)CC1. The Hall–Kier alpha value is -1.17. The van der Waals surface area contributed by atoms with Crippen LogP contribution in [0, 0.1) is 5.82 Å². The van der Waals surface area contributed by atoms with Crippen LogP contribution in [0.3, 0.4) is 0 Å². The van der Waals surface area contributed by atoms with Gasteiger partial charge in [-0.1, -0.05) is 17.7 Å². The summed E-state index contributed by atoms with van der Waals surface area (Å²) in [5.74, 6) is -0.396. The Kier molecular flexibility index (Phi) is 5.74. The number of hydrogen-bond donors (Lipinski definition) is 1. The van der Waals surface area contributed by atoms with Crippen LogP contribution < -0.4 is 0 Å². The molecule has 4 nitrogen and oxygen atoms in total. The topological polar surface area (TPSA) is 43.8 Å². The van der Waals surface area contributed by atoms with Crippen LogP contribution in [-0.2, 0) is 11.2 Å². The Morgan fingerprint density at radius 1 is 1.25 bits per heavy atom. The summed E-state index contributed by atoms with van der Waals surface area (Å²) in [5, 5.41) is 9.87. The summed E-state index contributed by atoms with van der Waals surface area (Å²) in [6.07, 6.45) is 3.89. The summed E-state index contributed by atoms with van der Waals surface area (Å²) < 4.78 is 13.2. The van der Waals surface area contributed by atoms with E-state index in [-0.39, 0.29) is 23.5 Å². The molecule has 0 aliphatic carbocycles. The molecule has 24 heavy (non-hydrogen) atoms. The number of rotatable bonds is 3. The highest BCUT2D eigenvalue weighted by molar-refractivity contribution is 6.30. The number of piperidine rings is 2. The van der Waals surface area contributed by atoms with Crippen LogP contribution in [0.15, 0.2) is 18.2 Å². The van der Waals surface area contributed by atoms with E-state index in [1.807, 2.05) is 4.90 Å². The summed E-state index contributed by atoms with van der Waals surface area (Å²) in [4.78, 5) is 16.7. The van der Waals surface area contributed by atoms with Gasteiger partial charge in [0.05, 0.1) is 17.5 Å². The van der Waals surface area contributed by atoms with E-state index in [1.54, 1.807) is 6.07 Å². The Bertz CT molecular complexity index is 590. The van der Waals surface area contributed by atoms with E-state index < -0.39 is 5.82 Å². The first-order valence-electron chi connectivity index (χ1n) is 8.67. The molecule has 1 aromatic carbocycles. The molecule has 0 saturated carbocycles. The van der Waals surface area contributed by atoms with Gasteiger partial charge in [0.25, 0.3) is 0 Å². The average Bonchev–Trinajstić information content (AvgIpc) is 2.58. The molecular formula is C18H24ClFN2O2. The number of benzene rings is 1. The lowest BCUT2D eigenvalue weighted by Gasteiger charge is -2.41. The van der Waals surface area contributed by atoms with E-state index in [0.717, 1.165) is 57.4 Å². The molecule has 3 rings (SSSR count). The van der Waals surface area contributed by atoms with Crippen molar-refractivity contribution in [3.8, 4) is 0 Å². The molecule has 2 saturated heterocycles. The van der Waals surface area contributed by atoms with E-state index in [0.29, 0.717) is 6.04 Å². The van der Waals surface area contributed by atoms with Gasteiger partial charge < -0.3 is 10.0 Å². The molecule has 2 heterocycles. The largest absolute Gasteiger partial charge is 0.392 e. The van der Waals surface area contributed by atoms with Crippen LogP contribution in [0.25, 0.3) is 0 Å². The smallest absolute Gasteiger partial charge is 0.226 e. The van der Waals surface area contributed by atoms with Crippen molar-refractivity contribution in [3.63, 3.8) is 0 Å². The maximum atomic E-state index is 13.2. The zero-order valence-electron chi connectivity index (χ0n) is 13.8. The number of carbonyl (C=O) groups excluding carboxylic acids is 1. The molecule has 0 radical (unpaired) electrons. The van der Waals surface area contributed by atoms with Crippen molar-refractivity contribution in [2.75, 3.05) is 26.2 Å². The van der Waals surface area contributed by atoms with Crippen molar-refractivity contribution in [3.05, 3.63) is 34.6 Å². The van der Waals surface area contributed by atoms with Gasteiger partial charge in [0.2, 0.25) is 5.91 Å². The summed E-state index contributed by atoms with van der Waals surface area (Å²) in [7, 11) is 0. The minimum atomic E-state index is -0.461. The molecule has 0 aromatic heterocycles. The van der Waals surface area contributed by atoms with Gasteiger partial charge in [0.1, 0.15) is 5.82 Å². The molecule has 0 spiro atoms. The monoisotopic (exact) mass is 354 g/mol. The predicted octanol–water partition coefficient (Wildman–Crippen LogP) is 2.47. The highest BCUT2D eigenvalue weighted by atomic mass is 35.5. The molecule has 1 atom stereocenters. The van der Waals surface area contributed by atoms with Gasteiger partial charge in [-0.15, -0.1) is 0 Å². The van der Waals surface area contributed by atoms with E-state index in [9.17, 15) is 14.3 Å². The highest BCUT2D eigenvalue weighted by Crippen LogP contribution is 2.22. The Balaban J connectivity index is 1.50. The Labute approximate surface area is 147 Å². The van der Waals surface area contributed by atoms with E-state index in [2.05, 4.69) is 4.90 Å². The van der Waals surface area contributed by atoms with Crippen LogP contribution in [0.1, 0.15) is 31.2 Å². The highest BCUT2D eigenvalue weighted by Gasteiger charge is 2.29. The van der Waals surface area contributed by atoms with Gasteiger partial charge >= 0.3 is 0 Å². The lowest BCUT2D eigenvalue weighted by Crippen LogP contribution is -2.50. The molecule has 1 N–H and O–H groups in total. The van der Waals surface area contributed by atoms with E-state index >= 15 is 0 Å². The van der Waals surface area contributed by atoms with Crippen molar-refractivity contribution >= 4 is 17.5 Å². The van der Waals surface area contributed by atoms with Gasteiger partial charge in [-0.25, -0.2) is 4.39 Å². The number of carbonyl (C=O) groups is 1. The van der Waals surface area contributed by atoms with Gasteiger partial charge in [-0.2, -0.15) is 0 Å². The summed E-state index contributed by atoms with van der Waals surface area (Å²) in [6.45, 7) is 3.28. The lowest BCUT2D eigenvalue weighted by molar-refractivity contribution is -0.132. The number of β-amino-alcohol motifs (C(OH)–C–C–N with tert-alkyl or cyclic N) is 1. The van der Waals surface area contributed by atoms with Crippen LogP contribution in [0.4, 0.5) is 4.39 Å². The fraction of sp³-hybridized carbons (Fsp3) is 0.611. The average molecular weight is 355 g/mol. The van der Waals surface area contributed by atoms with Crippen LogP contribution in [-0.4, -0.2) is 59.1 Å². The number of likely N-dealkylation sites (tertiary alicyclic amines) is 2. The second-order valence-corrected chi connectivity index (χ2v) is 7.24. The molecule has 0 unspecified atom stereocenters. The Morgan fingerprint density at radius 3 is 2.67 bits per heavy atom. The van der Waals surface area contributed by atoms with Crippen LogP contribution in [0.2, 0.25) is 5.02 Å². The first-order valence-corrected chi connectivity index (χ1v) is 9.04. The number of aliphatic hydroxyl groups is 1. The third-order valence-corrected chi connectivity index (χ3v) is 5.39. The van der Waals surface area contributed by atoms with Crippen molar-refractivity contribution in [2.24, 2.45) is 0 Å². The first kappa shape index (κ1) is 17.6. The minimum absolute atomic E-state index is 0.0580. The standard InChI is InChI=1S/C18H24ClFN2O2/c19-16-10-13(3-4-17(16)20)11-18(24)21-8-5-14(6-9-21)22-7-1-2-15(23)12-22/h3-4,10,14-15,23H,1-2,5-9,11-12H2/t15-/m0/s1. The molecular weight excluding hydrogens is 331 g/mol. The van der Waals surface area contributed by atoms with E-state index in [1.165, 1.54) is 12.1 Å². The predicted molar refractivity (Wildman–Crippen MR) is 91.5 cm³/mol. The van der Waals surface area contributed by atoms with E-state index in [4.69, 9.17) is 11.6 Å². The molecule has 2 aliphatic rings. The number of aliphatic hydroxyl groups excluding tert-OH is 1. The molecule has 132 valence electrons. The van der Waals surface area contributed by atoms with Gasteiger partial charge in [-0.05, 0) is 49.9 Å². The maximum Gasteiger partial charge on any atom is 0.226 e. The Morgan fingerprint density at radius 2 is 2.00 bits per heavy atom. The van der Waals surface area contributed by atoms with Crippen molar-refractivity contribution in [1.82, 2.24) is 9.80 Å². The zero-order valence-corrected chi connectivity index (χ0v) is 14.5. The molecule has 1 aromatic rings. The van der Waals surface area contributed by atoms with Gasteiger partial charge in [0.15, 0.2) is 0 Å². The number of amides is 1. The van der Waals surface area contributed by atoms with Crippen LogP contribution >= 0.6 is 11.6 Å². The fourth-order valence-corrected chi connectivity index (χ4v) is 3.93. The zero-order chi connectivity index (χ0) is 17.1. The lowest BCUT2D eigenvalue weighted by atomic mass is 9.98. The fourth-order valence-electron chi connectivity index (χ4n) is 3.73. The second kappa shape index (κ2) is 7.81. The normalized spacial score (nSPS) is 23.5.